The lowest BCUT2D eigenvalue weighted by molar-refractivity contribution is 0.0963. The van der Waals surface area contributed by atoms with Gasteiger partial charge in [-0.15, -0.1) is 11.6 Å². The molecule has 1 aliphatic rings. The number of rotatable bonds is 3. The van der Waals surface area contributed by atoms with Crippen LogP contribution in [0.15, 0.2) is 22.7 Å². The molecule has 100 valence electrons. The molecule has 0 unspecified atom stereocenters. The van der Waals surface area contributed by atoms with E-state index in [1.54, 1.807) is 0 Å². The fraction of sp³-hybridized carbons (Fsp3) is 0.400. The number of hydrogen-bond acceptors (Lipinski definition) is 1. The van der Waals surface area contributed by atoms with Crippen LogP contribution in [0.1, 0.15) is 35.3 Å². The van der Waals surface area contributed by atoms with Gasteiger partial charge in [0.15, 0.2) is 5.78 Å². The molecule has 2 nitrogen and oxygen atoms in total. The lowest BCUT2D eigenvalue weighted by atomic mass is 9.94. The van der Waals surface area contributed by atoms with Crippen molar-refractivity contribution in [2.45, 2.75) is 32.2 Å². The maximum atomic E-state index is 12.3. The van der Waals surface area contributed by atoms with Crippen LogP contribution in [-0.2, 0) is 13.0 Å². The highest BCUT2D eigenvalue weighted by Gasteiger charge is 2.25. The molecule has 0 N–H and O–H groups in total. The number of benzene rings is 1. The van der Waals surface area contributed by atoms with Crippen LogP contribution in [0.5, 0.6) is 0 Å². The van der Waals surface area contributed by atoms with Crippen LogP contribution in [0.3, 0.4) is 0 Å². The van der Waals surface area contributed by atoms with E-state index in [1.807, 2.05) is 6.07 Å². The number of aryl methyl sites for hydroxylation is 2. The van der Waals surface area contributed by atoms with E-state index in [4.69, 9.17) is 11.6 Å². The van der Waals surface area contributed by atoms with E-state index in [2.05, 4.69) is 32.6 Å². The van der Waals surface area contributed by atoms with E-state index >= 15 is 0 Å². The van der Waals surface area contributed by atoms with Crippen molar-refractivity contribution in [2.75, 3.05) is 5.88 Å². The number of ketones is 1. The van der Waals surface area contributed by atoms with Gasteiger partial charge in [-0.25, -0.2) is 0 Å². The molecule has 0 fully saturated rings. The standard InChI is InChI=1S/C15H15BrClNO/c16-10-5-6-13-12(9-10)11-3-1-4-14(19)15(11)18(13)8-2-7-17/h5-6,9H,1-4,7-8H2. The summed E-state index contributed by atoms with van der Waals surface area (Å²) in [6.45, 7) is 0.822. The Balaban J connectivity index is 2.26. The minimum absolute atomic E-state index is 0.281. The zero-order valence-corrected chi connectivity index (χ0v) is 12.9. The normalized spacial score (nSPS) is 14.9. The Morgan fingerprint density at radius 3 is 2.95 bits per heavy atom. The van der Waals surface area contributed by atoms with Crippen LogP contribution in [0, 0.1) is 0 Å². The minimum atomic E-state index is 0.281. The number of carbonyl (C=O) groups is 1. The maximum Gasteiger partial charge on any atom is 0.179 e. The average Bonchev–Trinajstić information content (AvgIpc) is 2.71. The van der Waals surface area contributed by atoms with Crippen molar-refractivity contribution in [3.05, 3.63) is 33.9 Å². The first-order valence-electron chi connectivity index (χ1n) is 6.62. The van der Waals surface area contributed by atoms with Crippen LogP contribution in [0.25, 0.3) is 10.9 Å². The number of alkyl halides is 1. The number of nitrogens with zero attached hydrogens (tertiary/aromatic N) is 1. The third kappa shape index (κ3) is 2.23. The summed E-state index contributed by atoms with van der Waals surface area (Å²) < 4.78 is 3.23. The van der Waals surface area contributed by atoms with Crippen LogP contribution < -0.4 is 0 Å². The summed E-state index contributed by atoms with van der Waals surface area (Å²) in [4.78, 5) is 12.3. The molecule has 1 aliphatic carbocycles. The number of carbonyl (C=O) groups excluding carboxylic acids is 1. The summed E-state index contributed by atoms with van der Waals surface area (Å²) in [5.41, 5.74) is 3.31. The van der Waals surface area contributed by atoms with Crippen LogP contribution >= 0.6 is 27.5 Å². The maximum absolute atomic E-state index is 12.3. The smallest absolute Gasteiger partial charge is 0.179 e. The van der Waals surface area contributed by atoms with E-state index in [-0.39, 0.29) is 5.78 Å². The van der Waals surface area contributed by atoms with E-state index < -0.39 is 0 Å². The highest BCUT2D eigenvalue weighted by atomic mass is 79.9. The lowest BCUT2D eigenvalue weighted by Gasteiger charge is -2.14. The Morgan fingerprint density at radius 2 is 2.16 bits per heavy atom. The number of fused-ring (bicyclic) bond motifs is 3. The molecule has 0 atom stereocenters. The van der Waals surface area contributed by atoms with Gasteiger partial charge in [0.25, 0.3) is 0 Å². The van der Waals surface area contributed by atoms with Crippen molar-refractivity contribution < 1.29 is 4.79 Å². The molecular weight excluding hydrogens is 326 g/mol. The summed E-state index contributed by atoms with van der Waals surface area (Å²) in [5, 5.41) is 1.21. The SMILES string of the molecule is O=C1CCCc2c1n(CCCCl)c1ccc(Br)cc21. The molecular formula is C15H15BrClNO. The highest BCUT2D eigenvalue weighted by Crippen LogP contribution is 2.34. The fourth-order valence-corrected chi connectivity index (χ4v) is 3.44. The number of halogens is 2. The van der Waals surface area contributed by atoms with Crippen molar-refractivity contribution in [3.63, 3.8) is 0 Å². The Labute approximate surface area is 125 Å². The Kier molecular flexibility index (Phi) is 3.68. The van der Waals surface area contributed by atoms with Gasteiger partial charge < -0.3 is 4.57 Å². The van der Waals surface area contributed by atoms with Crippen molar-refractivity contribution in [1.82, 2.24) is 4.57 Å². The molecule has 0 bridgehead atoms. The molecule has 0 saturated heterocycles. The third-order valence-electron chi connectivity index (χ3n) is 3.74. The first-order chi connectivity index (χ1) is 9.22. The molecule has 1 aromatic carbocycles. The summed E-state index contributed by atoms with van der Waals surface area (Å²) in [7, 11) is 0. The molecule has 0 amide bonds. The molecule has 1 heterocycles. The van der Waals surface area contributed by atoms with Gasteiger partial charge in [-0.3, -0.25) is 4.79 Å². The van der Waals surface area contributed by atoms with Crippen molar-refractivity contribution in [3.8, 4) is 0 Å². The van der Waals surface area contributed by atoms with Crippen molar-refractivity contribution in [1.29, 1.82) is 0 Å². The van der Waals surface area contributed by atoms with Gasteiger partial charge in [-0.05, 0) is 43.0 Å². The molecule has 0 aliphatic heterocycles. The molecule has 3 rings (SSSR count). The van der Waals surface area contributed by atoms with Crippen LogP contribution in [0.2, 0.25) is 0 Å². The molecule has 2 aromatic rings. The average molecular weight is 341 g/mol. The quantitative estimate of drug-likeness (QED) is 0.751. The highest BCUT2D eigenvalue weighted by molar-refractivity contribution is 9.10. The Hall–Kier alpha value is -0.800. The van der Waals surface area contributed by atoms with Gasteiger partial charge in [-0.1, -0.05) is 15.9 Å². The summed E-state index contributed by atoms with van der Waals surface area (Å²) in [6.07, 6.45) is 3.53. The predicted molar refractivity (Wildman–Crippen MR) is 82.2 cm³/mol. The second-order valence-corrected chi connectivity index (χ2v) is 6.25. The number of hydrogen-bond donors (Lipinski definition) is 0. The van der Waals surface area contributed by atoms with Crippen LogP contribution in [0.4, 0.5) is 0 Å². The van der Waals surface area contributed by atoms with Gasteiger partial charge in [0.2, 0.25) is 0 Å². The first-order valence-corrected chi connectivity index (χ1v) is 7.95. The third-order valence-corrected chi connectivity index (χ3v) is 4.50. The predicted octanol–water partition coefficient (Wildman–Crippen LogP) is 4.55. The number of Topliss-reactive ketones (excluding diaryl/α,β-unsaturated/α-hetero) is 1. The van der Waals surface area contributed by atoms with E-state index in [9.17, 15) is 4.79 Å². The van der Waals surface area contributed by atoms with Gasteiger partial charge in [0, 0.05) is 34.2 Å². The zero-order chi connectivity index (χ0) is 13.4. The molecule has 1 aromatic heterocycles. The van der Waals surface area contributed by atoms with E-state index in [1.165, 1.54) is 10.9 Å². The zero-order valence-electron chi connectivity index (χ0n) is 10.6. The topological polar surface area (TPSA) is 22.0 Å². The fourth-order valence-electron chi connectivity index (χ4n) is 2.96. The molecule has 0 radical (unpaired) electrons. The monoisotopic (exact) mass is 339 g/mol. The minimum Gasteiger partial charge on any atom is -0.338 e. The molecule has 0 spiro atoms. The van der Waals surface area contributed by atoms with Gasteiger partial charge >= 0.3 is 0 Å². The van der Waals surface area contributed by atoms with Gasteiger partial charge in [0.05, 0.1) is 5.69 Å². The summed E-state index contributed by atoms with van der Waals surface area (Å²) >= 11 is 9.33. The summed E-state index contributed by atoms with van der Waals surface area (Å²) in [6, 6.07) is 6.26. The van der Waals surface area contributed by atoms with Crippen molar-refractivity contribution >= 4 is 44.2 Å². The second kappa shape index (κ2) is 5.29. The largest absolute Gasteiger partial charge is 0.338 e. The van der Waals surface area contributed by atoms with Gasteiger partial charge in [0.1, 0.15) is 0 Å². The lowest BCUT2D eigenvalue weighted by Crippen LogP contribution is -2.15. The van der Waals surface area contributed by atoms with E-state index in [0.29, 0.717) is 12.3 Å². The van der Waals surface area contributed by atoms with E-state index in [0.717, 1.165) is 41.5 Å². The summed E-state index contributed by atoms with van der Waals surface area (Å²) in [5.74, 6) is 0.905. The van der Waals surface area contributed by atoms with Gasteiger partial charge in [-0.2, -0.15) is 0 Å². The first kappa shape index (κ1) is 13.2. The second-order valence-electron chi connectivity index (χ2n) is 4.96. The molecule has 4 heteroatoms. The number of aromatic nitrogens is 1. The molecule has 0 saturated carbocycles. The van der Waals surface area contributed by atoms with Crippen LogP contribution in [-0.4, -0.2) is 16.2 Å². The van der Waals surface area contributed by atoms with Crippen molar-refractivity contribution in [2.24, 2.45) is 0 Å². The molecule has 19 heavy (non-hydrogen) atoms. The Morgan fingerprint density at radius 1 is 1.32 bits per heavy atom. The Bertz CT molecular complexity index is 647.